The van der Waals surface area contributed by atoms with Crippen molar-refractivity contribution in [2.45, 2.75) is 24.5 Å². The van der Waals surface area contributed by atoms with E-state index in [9.17, 15) is 24.9 Å². The van der Waals surface area contributed by atoms with E-state index in [1.165, 1.54) is 6.07 Å². The fraction of sp³-hybridized carbons (Fsp3) is 0.333. The molecule has 0 spiro atoms. The average molecular weight is 489 g/mol. The molecule has 0 aliphatic carbocycles. The van der Waals surface area contributed by atoms with E-state index in [-0.39, 0.29) is 28.0 Å². The Balaban J connectivity index is 1.90. The molecule has 3 aromatic rings. The van der Waals surface area contributed by atoms with Crippen LogP contribution >= 0.6 is 11.6 Å². The summed E-state index contributed by atoms with van der Waals surface area (Å²) in [6.45, 7) is 0.362. The number of aliphatic hydroxyl groups excluding tert-OH is 1. The van der Waals surface area contributed by atoms with Crippen molar-refractivity contribution in [1.82, 2.24) is 4.90 Å². The number of carbonyl (C=O) groups excluding carboxylic acids is 1. The number of ether oxygens (including phenoxy) is 1. The number of hydrogen-bond donors (Lipinski definition) is 4. The maximum atomic E-state index is 13.0. The summed E-state index contributed by atoms with van der Waals surface area (Å²) in [4.78, 5) is 27.3. The summed E-state index contributed by atoms with van der Waals surface area (Å²) in [5.74, 6) is -1.92. The number of aromatic hydroxyl groups is 2. The highest BCUT2D eigenvalue weighted by Crippen LogP contribution is 2.43. The van der Waals surface area contributed by atoms with E-state index in [4.69, 9.17) is 26.5 Å². The monoisotopic (exact) mass is 488 g/mol. The third-order valence-electron chi connectivity index (χ3n) is 6.04. The van der Waals surface area contributed by atoms with Gasteiger partial charge < -0.3 is 35.1 Å². The van der Waals surface area contributed by atoms with Crippen LogP contribution in [0, 0.1) is 0 Å². The van der Waals surface area contributed by atoms with Gasteiger partial charge in [-0.25, -0.2) is 0 Å². The Labute approximate surface area is 199 Å². The van der Waals surface area contributed by atoms with Crippen molar-refractivity contribution in [2.75, 3.05) is 26.7 Å². The van der Waals surface area contributed by atoms with E-state index < -0.39 is 41.8 Å². The Hall–Kier alpha value is -3.11. The highest BCUT2D eigenvalue weighted by Gasteiger charge is 2.37. The minimum absolute atomic E-state index is 0.0121. The smallest absolute Gasteiger partial charge is 0.325 e. The molecule has 2 heterocycles. The summed E-state index contributed by atoms with van der Waals surface area (Å²) in [5.41, 5.74) is 5.80. The predicted octanol–water partition coefficient (Wildman–Crippen LogP) is 2.18. The lowest BCUT2D eigenvalue weighted by atomic mass is 9.85. The van der Waals surface area contributed by atoms with Crippen molar-refractivity contribution >= 4 is 28.5 Å². The van der Waals surface area contributed by atoms with Gasteiger partial charge in [-0.2, -0.15) is 0 Å². The number of nitrogens with zero attached hydrogens (tertiary/aromatic N) is 1. The van der Waals surface area contributed by atoms with E-state index in [1.807, 2.05) is 11.9 Å². The maximum Gasteiger partial charge on any atom is 0.325 e. The zero-order chi connectivity index (χ0) is 24.6. The molecule has 1 aromatic heterocycles. The topological polar surface area (TPSA) is 146 Å². The summed E-state index contributed by atoms with van der Waals surface area (Å²) in [6.07, 6.45) is -0.298. The third kappa shape index (κ3) is 4.47. The number of phenols is 2. The minimum atomic E-state index is -1.21. The normalized spacial score (nSPS) is 19.8. The summed E-state index contributed by atoms with van der Waals surface area (Å²) in [5, 5.41) is 30.8. The molecule has 1 fully saturated rings. The molecule has 1 saturated heterocycles. The number of phenolic OH excluding ortho intramolecular Hbond substituents is 2. The van der Waals surface area contributed by atoms with Crippen LogP contribution in [0.2, 0.25) is 5.02 Å². The molecule has 0 bridgehead atoms. The van der Waals surface area contributed by atoms with E-state index in [1.54, 1.807) is 24.3 Å². The summed E-state index contributed by atoms with van der Waals surface area (Å²) in [6, 6.07) is 7.93. The number of likely N-dealkylation sites (N-methyl/N-ethyl adjacent to an activating group) is 1. The van der Waals surface area contributed by atoms with Gasteiger partial charge in [-0.1, -0.05) is 23.7 Å². The molecule has 3 atom stereocenters. The molecule has 9 nitrogen and oxygen atoms in total. The van der Waals surface area contributed by atoms with Crippen LogP contribution in [0.1, 0.15) is 17.9 Å². The number of nitrogens with two attached hydrogens (primary N) is 1. The lowest BCUT2D eigenvalue weighted by molar-refractivity contribution is -0.155. The molecule has 4 rings (SSSR count). The third-order valence-corrected chi connectivity index (χ3v) is 6.37. The molecule has 2 aromatic carbocycles. The number of piperidine rings is 1. The van der Waals surface area contributed by atoms with Crippen LogP contribution in [0.15, 0.2) is 45.6 Å². The maximum absolute atomic E-state index is 13.0. The molecule has 0 radical (unpaired) electrons. The number of benzene rings is 2. The Bertz CT molecular complexity index is 1290. The quantitative estimate of drug-likeness (QED) is 0.397. The lowest BCUT2D eigenvalue weighted by Crippen LogP contribution is -2.46. The molecular formula is C24H25ClN2O7. The van der Waals surface area contributed by atoms with Gasteiger partial charge >= 0.3 is 5.97 Å². The van der Waals surface area contributed by atoms with Crippen molar-refractivity contribution in [2.24, 2.45) is 5.73 Å². The average Bonchev–Trinajstić information content (AvgIpc) is 2.79. The molecule has 5 N–H and O–H groups in total. The van der Waals surface area contributed by atoms with E-state index >= 15 is 0 Å². The van der Waals surface area contributed by atoms with Crippen LogP contribution in [-0.4, -0.2) is 65.1 Å². The van der Waals surface area contributed by atoms with Crippen LogP contribution in [0.3, 0.4) is 0 Å². The van der Waals surface area contributed by atoms with Crippen molar-refractivity contribution in [3.8, 4) is 22.8 Å². The van der Waals surface area contributed by atoms with E-state index in [0.29, 0.717) is 30.1 Å². The summed E-state index contributed by atoms with van der Waals surface area (Å²) >= 11 is 6.30. The van der Waals surface area contributed by atoms with Gasteiger partial charge in [0.2, 0.25) is 0 Å². The first-order chi connectivity index (χ1) is 16.2. The number of likely N-dealkylation sites (tertiary alicyclic amines) is 1. The van der Waals surface area contributed by atoms with Crippen LogP contribution in [-0.2, 0) is 9.53 Å². The highest BCUT2D eigenvalue weighted by molar-refractivity contribution is 6.33. The number of hydrogen-bond acceptors (Lipinski definition) is 9. The fourth-order valence-electron chi connectivity index (χ4n) is 4.31. The molecular weight excluding hydrogens is 464 g/mol. The van der Waals surface area contributed by atoms with Crippen molar-refractivity contribution in [1.29, 1.82) is 0 Å². The molecule has 180 valence electrons. The first kappa shape index (κ1) is 24.0. The van der Waals surface area contributed by atoms with Crippen molar-refractivity contribution < 1.29 is 29.3 Å². The van der Waals surface area contributed by atoms with Gasteiger partial charge in [0, 0.05) is 35.7 Å². The summed E-state index contributed by atoms with van der Waals surface area (Å²) < 4.78 is 11.7. The highest BCUT2D eigenvalue weighted by atomic mass is 35.5. The second-order valence-electron chi connectivity index (χ2n) is 8.41. The fourth-order valence-corrected chi connectivity index (χ4v) is 4.53. The number of rotatable bonds is 5. The molecule has 10 heteroatoms. The number of halogens is 1. The van der Waals surface area contributed by atoms with Gasteiger partial charge in [0.15, 0.2) is 5.43 Å². The van der Waals surface area contributed by atoms with Gasteiger partial charge in [0.1, 0.15) is 40.4 Å². The van der Waals surface area contributed by atoms with Crippen LogP contribution in [0.5, 0.6) is 11.5 Å². The zero-order valence-corrected chi connectivity index (χ0v) is 19.2. The Morgan fingerprint density at radius 2 is 2.03 bits per heavy atom. The molecule has 0 unspecified atom stereocenters. The van der Waals surface area contributed by atoms with Crippen LogP contribution < -0.4 is 11.2 Å². The zero-order valence-electron chi connectivity index (χ0n) is 18.4. The predicted molar refractivity (Wildman–Crippen MR) is 126 cm³/mol. The molecule has 1 aliphatic rings. The number of esters is 1. The Morgan fingerprint density at radius 3 is 2.74 bits per heavy atom. The largest absolute Gasteiger partial charge is 0.507 e. The van der Waals surface area contributed by atoms with Crippen molar-refractivity contribution in [3.05, 3.63) is 57.2 Å². The first-order valence-corrected chi connectivity index (χ1v) is 11.1. The van der Waals surface area contributed by atoms with Crippen molar-refractivity contribution in [3.63, 3.8) is 0 Å². The summed E-state index contributed by atoms with van der Waals surface area (Å²) in [7, 11) is 1.85. The van der Waals surface area contributed by atoms with Crippen LogP contribution in [0.25, 0.3) is 22.3 Å². The molecule has 0 saturated carbocycles. The van der Waals surface area contributed by atoms with Gasteiger partial charge in [0.05, 0.1) is 11.6 Å². The SMILES string of the molecule is CN1CC[C@H](c2c(O)cc(O)c3c(=O)cc(-c4ccccc4Cl)oc23)[C@H](OC(=O)[C@@H](N)CO)C1. The Morgan fingerprint density at radius 1 is 1.29 bits per heavy atom. The van der Waals surface area contributed by atoms with E-state index in [0.717, 1.165) is 6.07 Å². The Kier molecular flexibility index (Phi) is 6.81. The van der Waals surface area contributed by atoms with Crippen LogP contribution in [0.4, 0.5) is 0 Å². The standard InChI is InChI=1S/C24H25ClN2O7/c1-27-7-6-13(20(10-27)34-24(32)15(26)11-28)21-16(29)8-17(30)22-18(31)9-19(33-23(21)22)12-4-2-3-5-14(12)25/h2-5,8-9,13,15,20,28-30H,6-7,10-11,26H2,1H3/t13-,15-,20+/m0/s1. The lowest BCUT2D eigenvalue weighted by Gasteiger charge is -2.37. The van der Waals surface area contributed by atoms with Gasteiger partial charge in [0.25, 0.3) is 0 Å². The van der Waals surface area contributed by atoms with Gasteiger partial charge in [-0.3, -0.25) is 9.59 Å². The van der Waals surface area contributed by atoms with E-state index in [2.05, 4.69) is 0 Å². The number of fused-ring (bicyclic) bond motifs is 1. The van der Waals surface area contributed by atoms with Gasteiger partial charge in [-0.15, -0.1) is 0 Å². The number of carbonyl (C=O) groups is 1. The minimum Gasteiger partial charge on any atom is -0.507 e. The molecule has 1 aliphatic heterocycles. The molecule has 34 heavy (non-hydrogen) atoms. The number of aliphatic hydroxyl groups is 1. The first-order valence-electron chi connectivity index (χ1n) is 10.7. The molecule has 0 amide bonds. The second-order valence-corrected chi connectivity index (χ2v) is 8.82. The second kappa shape index (κ2) is 9.63. The van der Waals surface area contributed by atoms with Gasteiger partial charge in [-0.05, 0) is 32.1 Å².